The van der Waals surface area contributed by atoms with Gasteiger partial charge in [0.05, 0.1) is 24.9 Å². The standard InChI is InChI=1S/C16H22ClN5O3/c1-4-6-25-7-5-22-12-8-13(17)18-9-11(12)20-15(16(22)24)19-10-14(23)21(2)3/h8-9H,4-7,10H2,1-3H3,(H,19,20). The van der Waals surface area contributed by atoms with Gasteiger partial charge in [-0.25, -0.2) is 9.97 Å². The minimum atomic E-state index is -0.332. The van der Waals surface area contributed by atoms with Gasteiger partial charge in [0.2, 0.25) is 5.91 Å². The van der Waals surface area contributed by atoms with E-state index >= 15 is 0 Å². The van der Waals surface area contributed by atoms with Gasteiger partial charge in [0.1, 0.15) is 10.7 Å². The quantitative estimate of drug-likeness (QED) is 0.560. The van der Waals surface area contributed by atoms with Crippen LogP contribution in [0.15, 0.2) is 17.1 Å². The van der Waals surface area contributed by atoms with Crippen molar-refractivity contribution in [1.82, 2.24) is 19.4 Å². The molecule has 9 heteroatoms. The molecule has 2 rings (SSSR count). The number of fused-ring (bicyclic) bond motifs is 1. The van der Waals surface area contributed by atoms with Crippen LogP contribution in [0.1, 0.15) is 13.3 Å². The summed E-state index contributed by atoms with van der Waals surface area (Å²) in [6, 6.07) is 1.60. The molecule has 0 aliphatic carbocycles. The van der Waals surface area contributed by atoms with E-state index in [2.05, 4.69) is 15.3 Å². The van der Waals surface area contributed by atoms with Crippen LogP contribution in [0, 0.1) is 0 Å². The van der Waals surface area contributed by atoms with Crippen LogP contribution in [0.4, 0.5) is 5.82 Å². The number of ether oxygens (including phenoxy) is 1. The average Bonchev–Trinajstić information content (AvgIpc) is 2.58. The van der Waals surface area contributed by atoms with Gasteiger partial charge in [0, 0.05) is 33.3 Å². The predicted octanol–water partition coefficient (Wildman–Crippen LogP) is 1.37. The summed E-state index contributed by atoms with van der Waals surface area (Å²) in [6.07, 6.45) is 2.40. The Morgan fingerprint density at radius 1 is 1.40 bits per heavy atom. The number of nitrogens with one attached hydrogen (secondary N) is 1. The van der Waals surface area contributed by atoms with Gasteiger partial charge in [-0.1, -0.05) is 18.5 Å². The van der Waals surface area contributed by atoms with Crippen molar-refractivity contribution in [3.05, 3.63) is 27.8 Å². The second-order valence-corrected chi connectivity index (χ2v) is 6.05. The fourth-order valence-corrected chi connectivity index (χ4v) is 2.33. The van der Waals surface area contributed by atoms with E-state index in [1.807, 2.05) is 6.92 Å². The van der Waals surface area contributed by atoms with Gasteiger partial charge in [0.25, 0.3) is 5.56 Å². The van der Waals surface area contributed by atoms with Gasteiger partial charge in [-0.15, -0.1) is 0 Å². The molecule has 0 saturated heterocycles. The molecule has 0 spiro atoms. The summed E-state index contributed by atoms with van der Waals surface area (Å²) < 4.78 is 7.02. The van der Waals surface area contributed by atoms with Crippen molar-refractivity contribution in [3.8, 4) is 0 Å². The molecule has 0 aromatic carbocycles. The molecule has 0 atom stereocenters. The van der Waals surface area contributed by atoms with Crippen molar-refractivity contribution < 1.29 is 9.53 Å². The Morgan fingerprint density at radius 3 is 2.84 bits per heavy atom. The van der Waals surface area contributed by atoms with Crippen LogP contribution in [0.25, 0.3) is 11.0 Å². The lowest BCUT2D eigenvalue weighted by Gasteiger charge is -2.14. The minimum absolute atomic E-state index is 0.0197. The van der Waals surface area contributed by atoms with Gasteiger partial charge in [0.15, 0.2) is 5.82 Å². The second kappa shape index (κ2) is 8.77. The van der Waals surface area contributed by atoms with E-state index < -0.39 is 0 Å². The molecule has 8 nitrogen and oxygen atoms in total. The lowest BCUT2D eigenvalue weighted by Crippen LogP contribution is -2.32. The summed E-state index contributed by atoms with van der Waals surface area (Å²) in [5.41, 5.74) is 0.760. The molecule has 1 amide bonds. The van der Waals surface area contributed by atoms with Crippen LogP contribution in [-0.2, 0) is 16.1 Å². The molecule has 2 aromatic rings. The number of aromatic nitrogens is 3. The molecule has 0 aliphatic heterocycles. The van der Waals surface area contributed by atoms with E-state index in [1.165, 1.54) is 15.7 Å². The first-order valence-electron chi connectivity index (χ1n) is 8.02. The van der Waals surface area contributed by atoms with Gasteiger partial charge in [-0.2, -0.15) is 0 Å². The van der Waals surface area contributed by atoms with Crippen LogP contribution >= 0.6 is 11.6 Å². The van der Waals surface area contributed by atoms with E-state index in [-0.39, 0.29) is 29.0 Å². The van der Waals surface area contributed by atoms with Crippen molar-refractivity contribution in [2.45, 2.75) is 19.9 Å². The first-order chi connectivity index (χ1) is 11.9. The number of pyridine rings is 1. The van der Waals surface area contributed by atoms with E-state index in [9.17, 15) is 9.59 Å². The molecule has 0 saturated carbocycles. The van der Waals surface area contributed by atoms with Gasteiger partial charge >= 0.3 is 0 Å². The number of carbonyl (C=O) groups is 1. The maximum atomic E-state index is 12.7. The van der Waals surface area contributed by atoms with Gasteiger partial charge < -0.3 is 19.5 Å². The largest absolute Gasteiger partial charge is 0.380 e. The van der Waals surface area contributed by atoms with Gasteiger partial charge in [-0.3, -0.25) is 9.59 Å². The number of anilines is 1. The average molecular weight is 368 g/mol. The normalized spacial score (nSPS) is 10.9. The number of nitrogens with zero attached hydrogens (tertiary/aromatic N) is 4. The fourth-order valence-electron chi connectivity index (χ4n) is 2.18. The Labute approximate surface area is 150 Å². The number of hydrogen-bond donors (Lipinski definition) is 1. The molecule has 0 aliphatic rings. The second-order valence-electron chi connectivity index (χ2n) is 5.67. The highest BCUT2D eigenvalue weighted by Crippen LogP contribution is 2.15. The van der Waals surface area contributed by atoms with Crippen molar-refractivity contribution >= 4 is 34.4 Å². The van der Waals surface area contributed by atoms with Crippen molar-refractivity contribution in [2.75, 3.05) is 39.2 Å². The monoisotopic (exact) mass is 367 g/mol. The van der Waals surface area contributed by atoms with Crippen LogP contribution in [0.5, 0.6) is 0 Å². The third-order valence-electron chi connectivity index (χ3n) is 3.51. The summed E-state index contributed by atoms with van der Waals surface area (Å²) in [5.74, 6) is -0.0596. The molecule has 0 radical (unpaired) electrons. The Bertz CT molecular complexity index is 806. The molecule has 0 bridgehead atoms. The van der Waals surface area contributed by atoms with E-state index in [4.69, 9.17) is 16.3 Å². The highest BCUT2D eigenvalue weighted by molar-refractivity contribution is 6.29. The highest BCUT2D eigenvalue weighted by Gasteiger charge is 2.13. The fraction of sp³-hybridized carbons (Fsp3) is 0.500. The molecule has 25 heavy (non-hydrogen) atoms. The number of carbonyl (C=O) groups excluding carboxylic acids is 1. The third kappa shape index (κ3) is 4.90. The predicted molar refractivity (Wildman–Crippen MR) is 97.1 cm³/mol. The molecule has 0 fully saturated rings. The summed E-state index contributed by atoms with van der Waals surface area (Å²) in [5, 5.41) is 3.08. The smallest absolute Gasteiger partial charge is 0.293 e. The van der Waals surface area contributed by atoms with Crippen LogP contribution < -0.4 is 10.9 Å². The van der Waals surface area contributed by atoms with E-state index in [0.29, 0.717) is 30.8 Å². The number of likely N-dealkylation sites (N-methyl/N-ethyl adjacent to an activating group) is 1. The van der Waals surface area contributed by atoms with Gasteiger partial charge in [-0.05, 0) is 6.42 Å². The molecular formula is C16H22ClN5O3. The topological polar surface area (TPSA) is 89.4 Å². The molecule has 0 unspecified atom stereocenters. The number of halogens is 1. The molecule has 1 N–H and O–H groups in total. The SMILES string of the molecule is CCCOCCn1c(=O)c(NCC(=O)N(C)C)nc2cnc(Cl)cc21. The Morgan fingerprint density at radius 2 is 2.16 bits per heavy atom. The summed E-state index contributed by atoms with van der Waals surface area (Å²) >= 11 is 5.95. The molecule has 2 aromatic heterocycles. The van der Waals surface area contributed by atoms with E-state index in [0.717, 1.165) is 6.42 Å². The Hall–Kier alpha value is -2.19. The maximum absolute atomic E-state index is 12.7. The Kier molecular flexibility index (Phi) is 6.72. The lowest BCUT2D eigenvalue weighted by molar-refractivity contribution is -0.126. The number of hydrogen-bond acceptors (Lipinski definition) is 6. The summed E-state index contributed by atoms with van der Waals surface area (Å²) in [4.78, 5) is 34.2. The first kappa shape index (κ1) is 19.1. The number of amides is 1. The lowest BCUT2D eigenvalue weighted by atomic mass is 10.3. The Balaban J connectivity index is 2.36. The zero-order valence-electron chi connectivity index (χ0n) is 14.6. The van der Waals surface area contributed by atoms with Crippen LogP contribution in [-0.4, -0.2) is 59.2 Å². The van der Waals surface area contributed by atoms with Crippen molar-refractivity contribution in [1.29, 1.82) is 0 Å². The summed E-state index contributed by atoms with van der Waals surface area (Å²) in [7, 11) is 3.29. The van der Waals surface area contributed by atoms with Crippen molar-refractivity contribution in [3.63, 3.8) is 0 Å². The van der Waals surface area contributed by atoms with Crippen molar-refractivity contribution in [2.24, 2.45) is 0 Å². The van der Waals surface area contributed by atoms with E-state index in [1.54, 1.807) is 20.2 Å². The number of rotatable bonds is 8. The molecular weight excluding hydrogens is 346 g/mol. The minimum Gasteiger partial charge on any atom is -0.380 e. The zero-order valence-corrected chi connectivity index (χ0v) is 15.3. The summed E-state index contributed by atoms with van der Waals surface area (Å²) in [6.45, 7) is 3.37. The molecule has 2 heterocycles. The maximum Gasteiger partial charge on any atom is 0.293 e. The highest BCUT2D eigenvalue weighted by atomic mass is 35.5. The van der Waals surface area contributed by atoms with Crippen LogP contribution in [0.2, 0.25) is 5.15 Å². The third-order valence-corrected chi connectivity index (χ3v) is 3.72. The van der Waals surface area contributed by atoms with Crippen LogP contribution in [0.3, 0.4) is 0 Å². The first-order valence-corrected chi connectivity index (χ1v) is 8.39. The molecule has 136 valence electrons. The zero-order chi connectivity index (χ0) is 18.4.